The third-order valence-corrected chi connectivity index (χ3v) is 3.95. The highest BCUT2D eigenvalue weighted by molar-refractivity contribution is 6.03. The molecule has 0 aromatic heterocycles. The number of nitrogens with two attached hydrogens (primary N) is 1. The van der Waals surface area contributed by atoms with E-state index in [-0.39, 0.29) is 11.9 Å². The van der Waals surface area contributed by atoms with Gasteiger partial charge in [0.05, 0.1) is 11.4 Å². The predicted molar refractivity (Wildman–Crippen MR) is 102 cm³/mol. The van der Waals surface area contributed by atoms with Crippen LogP contribution in [0.5, 0.6) is 0 Å². The maximum atomic E-state index is 12.7. The van der Waals surface area contributed by atoms with Crippen molar-refractivity contribution in [2.45, 2.75) is 39.8 Å². The number of rotatable bonds is 2. The van der Waals surface area contributed by atoms with Crippen LogP contribution in [0.3, 0.4) is 0 Å². The van der Waals surface area contributed by atoms with Gasteiger partial charge in [-0.2, -0.15) is 0 Å². The van der Waals surface area contributed by atoms with Gasteiger partial charge in [-0.15, -0.1) is 0 Å². The second kappa shape index (κ2) is 7.97. The number of nitrogens with zero attached hydrogens (tertiary/aromatic N) is 2. The zero-order chi connectivity index (χ0) is 17.7. The summed E-state index contributed by atoms with van der Waals surface area (Å²) in [5.41, 5.74) is 9.16. The van der Waals surface area contributed by atoms with E-state index in [0.29, 0.717) is 6.54 Å². The monoisotopic (exact) mass is 325 g/mol. The Bertz CT molecular complexity index is 670. The molecule has 0 saturated carbocycles. The summed E-state index contributed by atoms with van der Waals surface area (Å²) in [7, 11) is 0. The van der Waals surface area contributed by atoms with Crippen LogP contribution in [0.15, 0.2) is 54.6 Å². The van der Waals surface area contributed by atoms with Crippen molar-refractivity contribution >= 4 is 23.0 Å². The lowest BCUT2D eigenvalue weighted by Crippen LogP contribution is -2.49. The Kier molecular flexibility index (Phi) is 5.99. The molecule has 1 heterocycles. The van der Waals surface area contributed by atoms with Crippen molar-refractivity contribution in [2.24, 2.45) is 5.73 Å². The number of anilines is 3. The Hall–Kier alpha value is -2.33. The maximum Gasteiger partial charge on any atom is 0.246 e. The van der Waals surface area contributed by atoms with E-state index in [2.05, 4.69) is 4.90 Å². The van der Waals surface area contributed by atoms with Gasteiger partial charge in [-0.25, -0.2) is 0 Å². The first-order chi connectivity index (χ1) is 11.6. The number of carbonyl (C=O) groups excluding carboxylic acids is 1. The second-order valence-corrected chi connectivity index (χ2v) is 5.84. The van der Waals surface area contributed by atoms with Crippen LogP contribution in [0.4, 0.5) is 17.1 Å². The van der Waals surface area contributed by atoms with Crippen molar-refractivity contribution in [3.63, 3.8) is 0 Å². The smallest absolute Gasteiger partial charge is 0.246 e. The lowest BCUT2D eigenvalue weighted by Gasteiger charge is -2.28. The van der Waals surface area contributed by atoms with E-state index in [1.165, 1.54) is 0 Å². The van der Waals surface area contributed by atoms with Crippen LogP contribution in [0.25, 0.3) is 0 Å². The molecule has 0 bridgehead atoms. The molecule has 1 aliphatic heterocycles. The van der Waals surface area contributed by atoms with Crippen LogP contribution >= 0.6 is 0 Å². The zero-order valence-electron chi connectivity index (χ0n) is 14.9. The topological polar surface area (TPSA) is 49.6 Å². The Labute approximate surface area is 144 Å². The van der Waals surface area contributed by atoms with Crippen molar-refractivity contribution in [2.75, 3.05) is 16.3 Å². The van der Waals surface area contributed by atoms with Crippen molar-refractivity contribution in [3.05, 3.63) is 54.6 Å². The molecule has 0 aliphatic carbocycles. The van der Waals surface area contributed by atoms with E-state index in [9.17, 15) is 4.79 Å². The number of fused-ring (bicyclic) bond motifs is 1. The lowest BCUT2D eigenvalue weighted by atomic mass is 10.2. The van der Waals surface area contributed by atoms with Crippen molar-refractivity contribution < 1.29 is 4.79 Å². The van der Waals surface area contributed by atoms with Crippen molar-refractivity contribution in [1.82, 2.24) is 0 Å². The Morgan fingerprint density at radius 1 is 0.958 bits per heavy atom. The van der Waals surface area contributed by atoms with Crippen LogP contribution in [-0.2, 0) is 4.79 Å². The Balaban J connectivity index is 0.00000100. The average Bonchev–Trinajstić information content (AvgIpc) is 2.73. The van der Waals surface area contributed by atoms with Crippen LogP contribution in [0.1, 0.15) is 27.7 Å². The highest BCUT2D eigenvalue weighted by Gasteiger charge is 2.33. The number of benzene rings is 2. The molecule has 0 unspecified atom stereocenters. The lowest BCUT2D eigenvalue weighted by molar-refractivity contribution is -0.119. The molecule has 2 aromatic rings. The minimum Gasteiger partial charge on any atom is -0.338 e. The first-order valence-electron chi connectivity index (χ1n) is 8.60. The third-order valence-electron chi connectivity index (χ3n) is 3.95. The quantitative estimate of drug-likeness (QED) is 0.910. The maximum absolute atomic E-state index is 12.7. The number of hydrogen-bond acceptors (Lipinski definition) is 3. The molecule has 1 amide bonds. The summed E-state index contributed by atoms with van der Waals surface area (Å²) in [6.07, 6.45) is 0. The zero-order valence-corrected chi connectivity index (χ0v) is 14.9. The summed E-state index contributed by atoms with van der Waals surface area (Å²) in [6, 6.07) is 17.6. The van der Waals surface area contributed by atoms with Crippen LogP contribution in [0.2, 0.25) is 0 Å². The first kappa shape index (κ1) is 18.0. The van der Waals surface area contributed by atoms with Crippen molar-refractivity contribution in [3.8, 4) is 0 Å². The molecule has 2 aromatic carbocycles. The molecule has 0 radical (unpaired) electrons. The average molecular weight is 325 g/mol. The predicted octanol–water partition coefficient (Wildman–Crippen LogP) is 3.93. The molecular formula is C20H27N3O. The van der Waals surface area contributed by atoms with Gasteiger partial charge in [0.2, 0.25) is 5.91 Å². The summed E-state index contributed by atoms with van der Waals surface area (Å²) >= 11 is 0. The van der Waals surface area contributed by atoms with Gasteiger partial charge in [0.25, 0.3) is 0 Å². The van der Waals surface area contributed by atoms with Gasteiger partial charge in [-0.05, 0) is 38.1 Å². The van der Waals surface area contributed by atoms with Gasteiger partial charge in [0, 0.05) is 18.3 Å². The molecule has 2 N–H and O–H groups in total. The summed E-state index contributed by atoms with van der Waals surface area (Å²) in [5, 5.41) is 0. The molecule has 1 atom stereocenters. The van der Waals surface area contributed by atoms with E-state index >= 15 is 0 Å². The van der Waals surface area contributed by atoms with Crippen LogP contribution in [-0.4, -0.2) is 24.5 Å². The fraction of sp³-hybridized carbons (Fsp3) is 0.350. The summed E-state index contributed by atoms with van der Waals surface area (Å²) in [6.45, 7) is 8.50. The van der Waals surface area contributed by atoms with Crippen molar-refractivity contribution in [1.29, 1.82) is 0 Å². The van der Waals surface area contributed by atoms with E-state index in [0.717, 1.165) is 17.1 Å². The molecule has 1 aliphatic rings. The van der Waals surface area contributed by atoms with Gasteiger partial charge in [-0.3, -0.25) is 4.79 Å². The van der Waals surface area contributed by atoms with E-state index < -0.39 is 6.04 Å². The summed E-state index contributed by atoms with van der Waals surface area (Å²) in [5.74, 6) is -0.0270. The minimum atomic E-state index is -0.546. The molecular weight excluding hydrogens is 298 g/mol. The molecule has 24 heavy (non-hydrogen) atoms. The molecule has 4 nitrogen and oxygen atoms in total. The normalized spacial score (nSPS) is 17.1. The Morgan fingerprint density at radius 3 is 2.08 bits per heavy atom. The van der Waals surface area contributed by atoms with E-state index in [1.54, 1.807) is 0 Å². The molecule has 4 heteroatoms. The minimum absolute atomic E-state index is 0.0270. The van der Waals surface area contributed by atoms with Gasteiger partial charge in [0.1, 0.15) is 6.04 Å². The first-order valence-corrected chi connectivity index (χ1v) is 8.60. The molecule has 0 fully saturated rings. The van der Waals surface area contributed by atoms with Gasteiger partial charge >= 0.3 is 0 Å². The highest BCUT2D eigenvalue weighted by Crippen LogP contribution is 2.37. The van der Waals surface area contributed by atoms with E-state index in [1.807, 2.05) is 87.2 Å². The molecule has 128 valence electrons. The van der Waals surface area contributed by atoms with Gasteiger partial charge < -0.3 is 15.5 Å². The number of carbonyl (C=O) groups is 1. The fourth-order valence-electron chi connectivity index (χ4n) is 2.95. The third kappa shape index (κ3) is 3.44. The van der Waals surface area contributed by atoms with Gasteiger partial charge in [-0.1, -0.05) is 44.2 Å². The summed E-state index contributed by atoms with van der Waals surface area (Å²) in [4.78, 5) is 16.6. The highest BCUT2D eigenvalue weighted by atomic mass is 16.2. The Morgan fingerprint density at radius 2 is 1.50 bits per heavy atom. The number of para-hydroxylation sites is 3. The van der Waals surface area contributed by atoms with Crippen LogP contribution < -0.4 is 15.5 Å². The van der Waals surface area contributed by atoms with E-state index in [4.69, 9.17) is 5.73 Å². The van der Waals surface area contributed by atoms with Crippen LogP contribution in [0, 0.1) is 0 Å². The molecule has 0 saturated heterocycles. The molecule has 0 spiro atoms. The summed E-state index contributed by atoms with van der Waals surface area (Å²) < 4.78 is 0. The largest absolute Gasteiger partial charge is 0.338 e. The SMILES string of the molecule is CC.CC(C)N1C(=O)[C@@H](N)CN(c2ccccc2)c2ccccc21. The number of amides is 1. The molecule has 3 rings (SSSR count). The standard InChI is InChI=1S/C18H21N3O.C2H6/c1-13(2)21-17-11-7-6-10-16(17)20(12-15(19)18(21)22)14-8-4-3-5-9-14;1-2/h3-11,13,15H,12,19H2,1-2H3;1-2H3/t15-;/m0./s1. The van der Waals surface area contributed by atoms with Gasteiger partial charge in [0.15, 0.2) is 0 Å². The second-order valence-electron chi connectivity index (χ2n) is 5.84. The fourth-order valence-corrected chi connectivity index (χ4v) is 2.95. The number of hydrogen-bond donors (Lipinski definition) is 1.